The summed E-state index contributed by atoms with van der Waals surface area (Å²) in [7, 11) is 1.59. The van der Waals surface area contributed by atoms with E-state index in [2.05, 4.69) is 21.0 Å². The molecule has 3 heterocycles. The van der Waals surface area contributed by atoms with Crippen LogP contribution in [0.1, 0.15) is 17.8 Å². The third-order valence-corrected chi connectivity index (χ3v) is 6.22. The smallest absolute Gasteiger partial charge is 0.295 e. The molecule has 7 heteroatoms. The third-order valence-electron chi connectivity index (χ3n) is 6.22. The van der Waals surface area contributed by atoms with E-state index in [4.69, 9.17) is 4.74 Å². The molecule has 0 aliphatic heterocycles. The number of hydrogen-bond acceptors (Lipinski definition) is 4. The van der Waals surface area contributed by atoms with Gasteiger partial charge >= 0.3 is 0 Å². The van der Waals surface area contributed by atoms with Gasteiger partial charge in [0.1, 0.15) is 11.3 Å². The summed E-state index contributed by atoms with van der Waals surface area (Å²) in [5, 5.41) is 1.80. The van der Waals surface area contributed by atoms with Gasteiger partial charge in [0.15, 0.2) is 5.82 Å². The Kier molecular flexibility index (Phi) is 5.10. The number of alkyl halides is 2. The lowest BCUT2D eigenvalue weighted by Crippen LogP contribution is -2.06. The normalized spacial score (nSPS) is 11.7. The van der Waals surface area contributed by atoms with Gasteiger partial charge in [0.2, 0.25) is 0 Å². The van der Waals surface area contributed by atoms with Gasteiger partial charge in [0.25, 0.3) is 6.43 Å². The number of fused-ring (bicyclic) bond motifs is 4. The number of para-hydroxylation sites is 1. The number of halogens is 2. The molecule has 3 aromatic carbocycles. The van der Waals surface area contributed by atoms with Crippen LogP contribution < -0.4 is 4.74 Å². The van der Waals surface area contributed by atoms with E-state index in [0.717, 1.165) is 33.0 Å². The maximum Gasteiger partial charge on any atom is 0.295 e. The van der Waals surface area contributed by atoms with Gasteiger partial charge in [-0.3, -0.25) is 9.97 Å². The zero-order valence-electron chi connectivity index (χ0n) is 18.8. The minimum atomic E-state index is -2.72. The first-order valence-corrected chi connectivity index (χ1v) is 11.2. The van der Waals surface area contributed by atoms with Crippen LogP contribution in [0.2, 0.25) is 0 Å². The molecule has 0 saturated carbocycles. The average Bonchev–Trinajstić information content (AvgIpc) is 3.27. The first kappa shape index (κ1) is 21.2. The maximum absolute atomic E-state index is 14.0. The fraction of sp³-hybridized carbons (Fsp3) is 0.107. The van der Waals surface area contributed by atoms with Crippen LogP contribution in [-0.2, 0) is 6.54 Å². The lowest BCUT2D eigenvalue weighted by molar-refractivity contribution is 0.136. The van der Waals surface area contributed by atoms with E-state index < -0.39 is 6.43 Å². The van der Waals surface area contributed by atoms with E-state index in [1.54, 1.807) is 17.9 Å². The molecule has 0 spiro atoms. The first-order valence-electron chi connectivity index (χ1n) is 11.2. The lowest BCUT2D eigenvalue weighted by atomic mass is 10.0. The quantitative estimate of drug-likeness (QED) is 0.281. The van der Waals surface area contributed by atoms with Crippen molar-refractivity contribution < 1.29 is 13.5 Å². The molecule has 0 amide bonds. The molecule has 0 N–H and O–H groups in total. The second-order valence-electron chi connectivity index (χ2n) is 8.35. The Hall–Kier alpha value is -4.39. The predicted octanol–water partition coefficient (Wildman–Crippen LogP) is 6.79. The molecule has 0 atom stereocenters. The molecule has 6 aromatic rings. The highest BCUT2D eigenvalue weighted by atomic mass is 19.3. The van der Waals surface area contributed by atoms with E-state index in [0.29, 0.717) is 22.3 Å². The Bertz CT molecular complexity index is 1690. The summed E-state index contributed by atoms with van der Waals surface area (Å²) < 4.78 is 34.9. The minimum Gasteiger partial charge on any atom is -0.497 e. The zero-order valence-corrected chi connectivity index (χ0v) is 18.8. The fourth-order valence-corrected chi connectivity index (χ4v) is 4.48. The Morgan fingerprint density at radius 1 is 0.829 bits per heavy atom. The number of benzene rings is 3. The van der Waals surface area contributed by atoms with Crippen LogP contribution in [-0.4, -0.2) is 26.6 Å². The molecule has 0 unspecified atom stereocenters. The number of pyridine rings is 2. The summed E-state index contributed by atoms with van der Waals surface area (Å²) in [5.41, 5.74) is 5.45. The highest BCUT2D eigenvalue weighted by Crippen LogP contribution is 2.33. The topological polar surface area (TPSA) is 52.8 Å². The van der Waals surface area contributed by atoms with Gasteiger partial charge < -0.3 is 9.30 Å². The van der Waals surface area contributed by atoms with E-state index in [9.17, 15) is 8.78 Å². The number of rotatable bonds is 5. The van der Waals surface area contributed by atoms with Gasteiger partial charge in [-0.1, -0.05) is 36.4 Å². The second-order valence-corrected chi connectivity index (χ2v) is 8.35. The van der Waals surface area contributed by atoms with Crippen molar-refractivity contribution in [2.45, 2.75) is 13.0 Å². The van der Waals surface area contributed by atoms with Crippen LogP contribution >= 0.6 is 0 Å². The summed E-state index contributed by atoms with van der Waals surface area (Å²) in [5.74, 6) is 0.435. The van der Waals surface area contributed by atoms with Crippen molar-refractivity contribution in [3.8, 4) is 16.9 Å². The first-order chi connectivity index (χ1) is 17.1. The molecule has 6 rings (SSSR count). The van der Waals surface area contributed by atoms with Crippen LogP contribution in [0, 0.1) is 0 Å². The van der Waals surface area contributed by atoms with Crippen molar-refractivity contribution in [1.29, 1.82) is 0 Å². The van der Waals surface area contributed by atoms with Gasteiger partial charge in [0.05, 0.1) is 29.9 Å². The number of hydrogen-bond donors (Lipinski definition) is 0. The minimum absolute atomic E-state index is 0.251. The van der Waals surface area contributed by atoms with E-state index in [1.807, 2.05) is 72.9 Å². The molecule has 0 aliphatic rings. The number of imidazole rings is 1. The molecule has 35 heavy (non-hydrogen) atoms. The summed E-state index contributed by atoms with van der Waals surface area (Å²) in [6.45, 7) is 0.251. The Morgan fingerprint density at radius 3 is 2.43 bits per heavy atom. The third kappa shape index (κ3) is 3.75. The molecule has 0 fully saturated rings. The number of aromatic nitrogens is 4. The molecule has 5 nitrogen and oxygen atoms in total. The van der Waals surface area contributed by atoms with Gasteiger partial charge in [-0.15, -0.1) is 0 Å². The monoisotopic (exact) mass is 466 g/mol. The van der Waals surface area contributed by atoms with Crippen LogP contribution in [0.5, 0.6) is 5.75 Å². The van der Waals surface area contributed by atoms with Crippen molar-refractivity contribution in [2.75, 3.05) is 7.11 Å². The van der Waals surface area contributed by atoms with Gasteiger partial charge in [0, 0.05) is 29.1 Å². The molecule has 0 aliphatic carbocycles. The molecular weight excluding hydrogens is 446 g/mol. The second kappa shape index (κ2) is 8.43. The van der Waals surface area contributed by atoms with Crippen LogP contribution in [0.25, 0.3) is 44.0 Å². The fourth-order valence-electron chi connectivity index (χ4n) is 4.48. The van der Waals surface area contributed by atoms with Crippen molar-refractivity contribution in [1.82, 2.24) is 19.5 Å². The summed E-state index contributed by atoms with van der Waals surface area (Å²) >= 11 is 0. The SMILES string of the molecule is COc1ccc(Cn2c(C(F)F)nc3cnc4ccc(-c5cnc6ccccc6c5)cc4c32)cc1. The van der Waals surface area contributed by atoms with Crippen molar-refractivity contribution in [2.24, 2.45) is 0 Å². The maximum atomic E-state index is 14.0. The van der Waals surface area contributed by atoms with Crippen LogP contribution in [0.15, 0.2) is 85.2 Å². The summed E-state index contributed by atoms with van der Waals surface area (Å²) in [4.78, 5) is 13.3. The predicted molar refractivity (Wildman–Crippen MR) is 133 cm³/mol. The average molecular weight is 466 g/mol. The summed E-state index contributed by atoms with van der Waals surface area (Å²) in [6, 6.07) is 23.3. The summed E-state index contributed by atoms with van der Waals surface area (Å²) in [6.07, 6.45) is 0.672. The molecule has 0 radical (unpaired) electrons. The van der Waals surface area contributed by atoms with E-state index in [-0.39, 0.29) is 12.4 Å². The highest BCUT2D eigenvalue weighted by molar-refractivity contribution is 6.04. The van der Waals surface area contributed by atoms with Crippen molar-refractivity contribution >= 4 is 32.8 Å². The van der Waals surface area contributed by atoms with E-state index >= 15 is 0 Å². The van der Waals surface area contributed by atoms with Gasteiger partial charge in [-0.25, -0.2) is 13.8 Å². The van der Waals surface area contributed by atoms with E-state index in [1.165, 1.54) is 0 Å². The largest absolute Gasteiger partial charge is 0.497 e. The molecule has 0 bridgehead atoms. The zero-order chi connectivity index (χ0) is 23.9. The lowest BCUT2D eigenvalue weighted by Gasteiger charge is -2.12. The number of ether oxygens (including phenoxy) is 1. The van der Waals surface area contributed by atoms with Gasteiger partial charge in [-0.2, -0.15) is 0 Å². The number of methoxy groups -OCH3 is 1. The standard InChI is InChI=1S/C28H20F2N4O/c1-35-21-9-6-17(7-10-21)16-34-26-22-13-18(20-12-19-4-2-3-5-23(19)31-14-20)8-11-24(22)32-15-25(26)33-28(34)27(29)30/h2-15,27H,16H2,1H3. The van der Waals surface area contributed by atoms with Crippen LogP contribution in [0.3, 0.4) is 0 Å². The van der Waals surface area contributed by atoms with Gasteiger partial charge in [-0.05, 0) is 47.5 Å². The molecule has 0 saturated heterocycles. The molecule has 172 valence electrons. The molecule has 3 aromatic heterocycles. The molecular formula is C28H20F2N4O. The Balaban J connectivity index is 1.54. The Labute approximate surface area is 199 Å². The van der Waals surface area contributed by atoms with Crippen LogP contribution in [0.4, 0.5) is 8.78 Å². The Morgan fingerprint density at radius 2 is 1.63 bits per heavy atom. The number of nitrogens with zero attached hydrogens (tertiary/aromatic N) is 4. The van der Waals surface area contributed by atoms with Crippen molar-refractivity contribution in [3.05, 3.63) is 96.6 Å². The van der Waals surface area contributed by atoms with Crippen molar-refractivity contribution in [3.63, 3.8) is 0 Å². The highest BCUT2D eigenvalue weighted by Gasteiger charge is 2.21.